The Hall–Kier alpha value is -2.21. The molecule has 138 valence electrons. The molecule has 6 nitrogen and oxygen atoms in total. The monoisotopic (exact) mass is 354 g/mol. The molecule has 0 saturated heterocycles. The standard InChI is InChI=1S/C20H26N4O2/c1-12(2)10-15-13-6-4-5-7-14(13)16-17-18(26-20(16)23-15)19(22-11-21-17)24(3)8-9-25/h11-12,25H,4-10H2,1-3H3. The van der Waals surface area contributed by atoms with Gasteiger partial charge >= 0.3 is 0 Å². The zero-order valence-corrected chi connectivity index (χ0v) is 15.7. The number of fused-ring (bicyclic) bond motifs is 5. The SMILES string of the molecule is CC(C)Cc1nc2oc3c(N(C)CCO)ncnc3c2c2c1CCCC2. The van der Waals surface area contributed by atoms with Gasteiger partial charge < -0.3 is 14.4 Å². The number of anilines is 1. The molecule has 0 aliphatic heterocycles. The minimum absolute atomic E-state index is 0.0639. The van der Waals surface area contributed by atoms with E-state index in [2.05, 4.69) is 23.8 Å². The van der Waals surface area contributed by atoms with Crippen LogP contribution in [-0.4, -0.2) is 40.3 Å². The summed E-state index contributed by atoms with van der Waals surface area (Å²) in [5.41, 5.74) is 6.14. The summed E-state index contributed by atoms with van der Waals surface area (Å²) in [5, 5.41) is 10.3. The van der Waals surface area contributed by atoms with E-state index in [1.165, 1.54) is 29.7 Å². The first-order chi connectivity index (χ1) is 12.6. The number of aryl methyl sites for hydroxylation is 1. The van der Waals surface area contributed by atoms with Crippen LogP contribution in [0.2, 0.25) is 0 Å². The van der Waals surface area contributed by atoms with E-state index < -0.39 is 0 Å². The van der Waals surface area contributed by atoms with Crippen molar-refractivity contribution in [2.45, 2.75) is 46.0 Å². The number of furan rings is 1. The second-order valence-electron chi connectivity index (χ2n) is 7.62. The molecule has 0 bridgehead atoms. The third-order valence-electron chi connectivity index (χ3n) is 5.19. The molecule has 1 aliphatic carbocycles. The molecule has 0 fully saturated rings. The molecule has 0 saturated carbocycles. The number of aliphatic hydroxyl groups excluding tert-OH is 1. The molecule has 3 aromatic rings. The summed E-state index contributed by atoms with van der Waals surface area (Å²) in [5.74, 6) is 1.26. The van der Waals surface area contributed by atoms with Gasteiger partial charge in [0, 0.05) is 19.3 Å². The highest BCUT2D eigenvalue weighted by Gasteiger charge is 2.25. The summed E-state index contributed by atoms with van der Waals surface area (Å²) < 4.78 is 6.18. The molecule has 0 spiro atoms. The van der Waals surface area contributed by atoms with E-state index in [-0.39, 0.29) is 6.61 Å². The third-order valence-corrected chi connectivity index (χ3v) is 5.19. The number of pyridine rings is 1. The Bertz CT molecular complexity index is 948. The number of hydrogen-bond acceptors (Lipinski definition) is 6. The second kappa shape index (κ2) is 6.83. The van der Waals surface area contributed by atoms with Crippen LogP contribution in [0, 0.1) is 5.92 Å². The van der Waals surface area contributed by atoms with Crippen molar-refractivity contribution in [1.29, 1.82) is 0 Å². The van der Waals surface area contributed by atoms with E-state index in [1.807, 2.05) is 11.9 Å². The van der Waals surface area contributed by atoms with E-state index in [1.54, 1.807) is 6.33 Å². The van der Waals surface area contributed by atoms with Crippen molar-refractivity contribution in [3.8, 4) is 0 Å². The van der Waals surface area contributed by atoms with E-state index in [4.69, 9.17) is 9.40 Å². The summed E-state index contributed by atoms with van der Waals surface area (Å²) in [4.78, 5) is 15.7. The normalized spacial score (nSPS) is 14.3. The van der Waals surface area contributed by atoms with E-state index >= 15 is 0 Å². The highest BCUT2D eigenvalue weighted by molar-refractivity contribution is 6.06. The summed E-state index contributed by atoms with van der Waals surface area (Å²) in [6.07, 6.45) is 7.12. The molecule has 0 amide bonds. The van der Waals surface area contributed by atoms with Crippen LogP contribution in [0.15, 0.2) is 10.7 Å². The Morgan fingerprint density at radius 1 is 1.19 bits per heavy atom. The zero-order chi connectivity index (χ0) is 18.3. The molecule has 0 radical (unpaired) electrons. The van der Waals surface area contributed by atoms with Gasteiger partial charge in [0.25, 0.3) is 0 Å². The first-order valence-corrected chi connectivity index (χ1v) is 9.50. The molecule has 1 N–H and O–H groups in total. The molecular formula is C20H26N4O2. The number of aromatic nitrogens is 3. The maximum atomic E-state index is 9.26. The van der Waals surface area contributed by atoms with Crippen LogP contribution in [0.1, 0.15) is 43.5 Å². The predicted octanol–water partition coefficient (Wildman–Crippen LogP) is 3.28. The Balaban J connectivity index is 1.99. The summed E-state index contributed by atoms with van der Waals surface area (Å²) in [7, 11) is 1.90. The lowest BCUT2D eigenvalue weighted by atomic mass is 9.87. The Morgan fingerprint density at radius 3 is 2.69 bits per heavy atom. The molecule has 1 aliphatic rings. The van der Waals surface area contributed by atoms with E-state index in [0.29, 0.717) is 29.6 Å². The highest BCUT2D eigenvalue weighted by Crippen LogP contribution is 2.38. The maximum absolute atomic E-state index is 9.26. The average molecular weight is 354 g/mol. The summed E-state index contributed by atoms with van der Waals surface area (Å²) in [6.45, 7) is 5.02. The topological polar surface area (TPSA) is 75.3 Å². The van der Waals surface area contributed by atoms with Crippen molar-refractivity contribution in [2.24, 2.45) is 5.92 Å². The van der Waals surface area contributed by atoms with Gasteiger partial charge in [-0.2, -0.15) is 0 Å². The fourth-order valence-electron chi connectivity index (χ4n) is 4.01. The lowest BCUT2D eigenvalue weighted by Gasteiger charge is -2.20. The van der Waals surface area contributed by atoms with Crippen LogP contribution < -0.4 is 4.90 Å². The largest absolute Gasteiger partial charge is 0.432 e. The van der Waals surface area contributed by atoms with Crippen molar-refractivity contribution in [1.82, 2.24) is 15.0 Å². The maximum Gasteiger partial charge on any atom is 0.229 e. The first-order valence-electron chi connectivity index (χ1n) is 9.50. The average Bonchev–Trinajstić information content (AvgIpc) is 3.00. The second-order valence-corrected chi connectivity index (χ2v) is 7.62. The molecular weight excluding hydrogens is 328 g/mol. The lowest BCUT2D eigenvalue weighted by molar-refractivity contribution is 0.304. The summed E-state index contributed by atoms with van der Waals surface area (Å²) in [6, 6.07) is 0. The smallest absolute Gasteiger partial charge is 0.229 e. The number of nitrogens with zero attached hydrogens (tertiary/aromatic N) is 4. The number of likely N-dealkylation sites (N-methyl/N-ethyl adjacent to an activating group) is 1. The van der Waals surface area contributed by atoms with Crippen LogP contribution in [-0.2, 0) is 19.3 Å². The van der Waals surface area contributed by atoms with Crippen molar-refractivity contribution in [2.75, 3.05) is 25.1 Å². The van der Waals surface area contributed by atoms with Crippen molar-refractivity contribution in [3.05, 3.63) is 23.1 Å². The zero-order valence-electron chi connectivity index (χ0n) is 15.7. The minimum atomic E-state index is 0.0639. The van der Waals surface area contributed by atoms with Gasteiger partial charge in [0.1, 0.15) is 11.8 Å². The van der Waals surface area contributed by atoms with E-state index in [9.17, 15) is 5.11 Å². The Morgan fingerprint density at radius 2 is 1.96 bits per heavy atom. The number of aliphatic hydroxyl groups is 1. The predicted molar refractivity (Wildman–Crippen MR) is 103 cm³/mol. The molecule has 4 rings (SSSR count). The Kier molecular flexibility index (Phi) is 4.53. The molecule has 3 aromatic heterocycles. The fourth-order valence-corrected chi connectivity index (χ4v) is 4.01. The van der Waals surface area contributed by atoms with Gasteiger partial charge in [0.2, 0.25) is 5.71 Å². The Labute approximate surface area is 153 Å². The molecule has 3 heterocycles. The van der Waals surface area contributed by atoms with Gasteiger partial charge in [-0.15, -0.1) is 0 Å². The molecule has 0 atom stereocenters. The summed E-state index contributed by atoms with van der Waals surface area (Å²) >= 11 is 0. The number of rotatable bonds is 5. The number of hydrogen-bond donors (Lipinski definition) is 1. The van der Waals surface area contributed by atoms with Crippen LogP contribution in [0.4, 0.5) is 5.82 Å². The van der Waals surface area contributed by atoms with Crippen LogP contribution in [0.25, 0.3) is 22.2 Å². The van der Waals surface area contributed by atoms with Crippen LogP contribution in [0.5, 0.6) is 0 Å². The van der Waals surface area contributed by atoms with Gasteiger partial charge in [0.05, 0.1) is 12.0 Å². The molecule has 26 heavy (non-hydrogen) atoms. The van der Waals surface area contributed by atoms with Crippen molar-refractivity contribution < 1.29 is 9.52 Å². The van der Waals surface area contributed by atoms with Gasteiger partial charge in [0.15, 0.2) is 11.4 Å². The minimum Gasteiger partial charge on any atom is -0.432 e. The van der Waals surface area contributed by atoms with Crippen molar-refractivity contribution in [3.63, 3.8) is 0 Å². The van der Waals surface area contributed by atoms with Crippen LogP contribution in [0.3, 0.4) is 0 Å². The lowest BCUT2D eigenvalue weighted by Crippen LogP contribution is -2.22. The molecule has 6 heteroatoms. The van der Waals surface area contributed by atoms with Crippen molar-refractivity contribution >= 4 is 28.0 Å². The van der Waals surface area contributed by atoms with Gasteiger partial charge in [-0.25, -0.2) is 15.0 Å². The van der Waals surface area contributed by atoms with Gasteiger partial charge in [-0.3, -0.25) is 0 Å². The van der Waals surface area contributed by atoms with E-state index in [0.717, 1.165) is 30.2 Å². The quantitative estimate of drug-likeness (QED) is 0.758. The first kappa shape index (κ1) is 17.2. The molecule has 0 aromatic carbocycles. The fraction of sp³-hybridized carbons (Fsp3) is 0.550. The van der Waals surface area contributed by atoms with Gasteiger partial charge in [-0.1, -0.05) is 13.8 Å². The molecule has 0 unspecified atom stereocenters. The third kappa shape index (κ3) is 2.82. The van der Waals surface area contributed by atoms with Crippen LogP contribution >= 0.6 is 0 Å². The highest BCUT2D eigenvalue weighted by atomic mass is 16.3. The van der Waals surface area contributed by atoms with Gasteiger partial charge in [-0.05, 0) is 49.1 Å².